The van der Waals surface area contributed by atoms with Gasteiger partial charge in [0.2, 0.25) is 10.0 Å². The summed E-state index contributed by atoms with van der Waals surface area (Å²) in [5, 5.41) is 12.3. The highest BCUT2D eigenvalue weighted by molar-refractivity contribution is 7.89. The van der Waals surface area contributed by atoms with Gasteiger partial charge in [-0.05, 0) is 29.3 Å². The Morgan fingerprint density at radius 3 is 2.50 bits per heavy atom. The quantitative estimate of drug-likeness (QED) is 0.308. The van der Waals surface area contributed by atoms with Crippen molar-refractivity contribution in [3.05, 3.63) is 100 Å². The van der Waals surface area contributed by atoms with Gasteiger partial charge in [-0.1, -0.05) is 48.5 Å². The van der Waals surface area contributed by atoms with Crippen molar-refractivity contribution in [2.24, 2.45) is 0 Å². The Balaban J connectivity index is 1.68. The Kier molecular flexibility index (Phi) is 5.93. The number of H-pyrrole nitrogens is 1. The number of aromatic nitrogens is 1. The monoisotopic (exact) mass is 451 g/mol. The van der Waals surface area contributed by atoms with Gasteiger partial charge < -0.3 is 9.72 Å². The summed E-state index contributed by atoms with van der Waals surface area (Å²) in [6, 6.07) is 21.0. The van der Waals surface area contributed by atoms with Gasteiger partial charge in [-0.2, -0.15) is 0 Å². The van der Waals surface area contributed by atoms with Gasteiger partial charge in [0.15, 0.2) is 5.75 Å². The molecule has 3 aromatic carbocycles. The second-order valence-electron chi connectivity index (χ2n) is 7.20. The molecule has 0 aliphatic carbocycles. The molecule has 0 aliphatic heterocycles. The van der Waals surface area contributed by atoms with Crippen molar-refractivity contribution >= 4 is 26.6 Å². The van der Waals surface area contributed by atoms with Crippen LogP contribution in [0.25, 0.3) is 10.9 Å². The fraction of sp³-hybridized carbons (Fsp3) is 0.130. The molecule has 9 heteroatoms. The minimum atomic E-state index is -4.01. The molecule has 0 fully saturated rings. The molecule has 32 heavy (non-hydrogen) atoms. The van der Waals surface area contributed by atoms with Crippen molar-refractivity contribution in [3.8, 4) is 5.75 Å². The van der Waals surface area contributed by atoms with E-state index in [1.807, 2.05) is 60.8 Å². The number of nitrogens with one attached hydrogen (secondary N) is 2. The van der Waals surface area contributed by atoms with E-state index in [1.165, 1.54) is 19.2 Å². The lowest BCUT2D eigenvalue weighted by molar-refractivity contribution is -0.386. The molecule has 0 amide bonds. The lowest BCUT2D eigenvalue weighted by Gasteiger charge is -2.18. The molecule has 1 aromatic heterocycles. The van der Waals surface area contributed by atoms with Gasteiger partial charge in [0, 0.05) is 35.6 Å². The molecule has 0 bridgehead atoms. The highest BCUT2D eigenvalue weighted by atomic mass is 32.2. The maximum absolute atomic E-state index is 13.0. The van der Waals surface area contributed by atoms with Crippen LogP contribution in [-0.2, 0) is 10.0 Å². The summed E-state index contributed by atoms with van der Waals surface area (Å²) in [6.45, 7) is 0.0774. The number of rotatable bonds is 8. The molecule has 0 radical (unpaired) electrons. The van der Waals surface area contributed by atoms with Crippen LogP contribution in [0.15, 0.2) is 83.9 Å². The van der Waals surface area contributed by atoms with Crippen molar-refractivity contribution in [2.75, 3.05) is 13.7 Å². The number of hydrogen-bond acceptors (Lipinski definition) is 5. The van der Waals surface area contributed by atoms with Crippen molar-refractivity contribution in [3.63, 3.8) is 0 Å². The first kappa shape index (κ1) is 21.5. The molecule has 1 unspecified atom stereocenters. The molecule has 0 saturated heterocycles. The third kappa shape index (κ3) is 4.20. The van der Waals surface area contributed by atoms with Gasteiger partial charge >= 0.3 is 5.69 Å². The van der Waals surface area contributed by atoms with E-state index >= 15 is 0 Å². The van der Waals surface area contributed by atoms with E-state index < -0.39 is 20.6 Å². The summed E-state index contributed by atoms with van der Waals surface area (Å²) in [6.07, 6.45) is 1.88. The first-order valence-corrected chi connectivity index (χ1v) is 11.3. The molecule has 4 aromatic rings. The van der Waals surface area contributed by atoms with Crippen molar-refractivity contribution < 1.29 is 18.1 Å². The van der Waals surface area contributed by atoms with Gasteiger partial charge in [0.05, 0.1) is 16.9 Å². The highest BCUT2D eigenvalue weighted by Crippen LogP contribution is 2.32. The number of benzene rings is 3. The zero-order valence-electron chi connectivity index (χ0n) is 17.2. The van der Waals surface area contributed by atoms with Gasteiger partial charge in [-0.15, -0.1) is 0 Å². The predicted molar refractivity (Wildman–Crippen MR) is 121 cm³/mol. The standard InChI is InChI=1S/C23H21N3O5S/c1-31-23-12-11-17(13-22(23)26(27)28)32(29,30)25-15-19(16-7-3-2-4-8-16)20-14-24-21-10-6-5-9-18(20)21/h2-14,19,24-25H,15H2,1H3. The fourth-order valence-corrected chi connectivity index (χ4v) is 4.80. The lowest BCUT2D eigenvalue weighted by atomic mass is 9.91. The zero-order valence-corrected chi connectivity index (χ0v) is 18.0. The topological polar surface area (TPSA) is 114 Å². The second kappa shape index (κ2) is 8.81. The van der Waals surface area contributed by atoms with Crippen molar-refractivity contribution in [2.45, 2.75) is 10.8 Å². The normalized spacial score (nSPS) is 12.5. The van der Waals surface area contributed by atoms with Crippen LogP contribution in [0, 0.1) is 10.1 Å². The number of para-hydroxylation sites is 1. The molecule has 2 N–H and O–H groups in total. The second-order valence-corrected chi connectivity index (χ2v) is 8.96. The van der Waals surface area contributed by atoms with E-state index in [1.54, 1.807) is 0 Å². The largest absolute Gasteiger partial charge is 0.490 e. The number of ether oxygens (including phenoxy) is 1. The van der Waals surface area contributed by atoms with Crippen molar-refractivity contribution in [1.82, 2.24) is 9.71 Å². The molecular weight excluding hydrogens is 430 g/mol. The lowest BCUT2D eigenvalue weighted by Crippen LogP contribution is -2.29. The van der Waals surface area contributed by atoms with Crippen LogP contribution >= 0.6 is 0 Å². The zero-order chi connectivity index (χ0) is 22.7. The van der Waals surface area contributed by atoms with E-state index in [-0.39, 0.29) is 23.1 Å². The molecular formula is C23H21N3O5S. The molecule has 8 nitrogen and oxygen atoms in total. The number of aromatic amines is 1. The van der Waals surface area contributed by atoms with Crippen LogP contribution in [-0.4, -0.2) is 32.0 Å². The van der Waals surface area contributed by atoms with Gasteiger partial charge in [0.1, 0.15) is 0 Å². The van der Waals surface area contributed by atoms with Crippen LogP contribution in [0.2, 0.25) is 0 Å². The Morgan fingerprint density at radius 2 is 1.78 bits per heavy atom. The molecule has 4 rings (SSSR count). The van der Waals surface area contributed by atoms with Crippen LogP contribution in [0.4, 0.5) is 5.69 Å². The number of nitro groups is 1. The molecule has 164 valence electrons. The smallest absolute Gasteiger partial charge is 0.312 e. The number of hydrogen-bond donors (Lipinski definition) is 2. The maximum Gasteiger partial charge on any atom is 0.312 e. The SMILES string of the molecule is COc1ccc(S(=O)(=O)NCC(c2ccccc2)c2c[nH]c3ccccc23)cc1[N+](=O)[O-]. The van der Waals surface area contributed by atoms with Gasteiger partial charge in [-0.3, -0.25) is 10.1 Å². The summed E-state index contributed by atoms with van der Waals surface area (Å²) in [5.74, 6) is -0.273. The van der Waals surface area contributed by atoms with E-state index in [4.69, 9.17) is 4.74 Å². The Morgan fingerprint density at radius 1 is 1.06 bits per heavy atom. The number of sulfonamides is 1. The average Bonchev–Trinajstić information content (AvgIpc) is 3.23. The minimum Gasteiger partial charge on any atom is -0.490 e. The molecule has 0 saturated carbocycles. The summed E-state index contributed by atoms with van der Waals surface area (Å²) >= 11 is 0. The number of fused-ring (bicyclic) bond motifs is 1. The highest BCUT2D eigenvalue weighted by Gasteiger charge is 2.25. The van der Waals surface area contributed by atoms with E-state index in [9.17, 15) is 18.5 Å². The molecule has 1 heterocycles. The Bertz CT molecular complexity index is 1370. The number of nitrogens with zero attached hydrogens (tertiary/aromatic N) is 1. The fourth-order valence-electron chi connectivity index (χ4n) is 3.73. The first-order valence-electron chi connectivity index (χ1n) is 9.84. The summed E-state index contributed by atoms with van der Waals surface area (Å²) < 4.78 is 33.6. The molecule has 0 spiro atoms. The summed E-state index contributed by atoms with van der Waals surface area (Å²) in [7, 11) is -2.72. The van der Waals surface area contributed by atoms with Crippen LogP contribution in [0.3, 0.4) is 0 Å². The van der Waals surface area contributed by atoms with E-state index in [0.717, 1.165) is 28.1 Å². The minimum absolute atomic E-state index is 0.00472. The summed E-state index contributed by atoms with van der Waals surface area (Å²) in [4.78, 5) is 13.7. The summed E-state index contributed by atoms with van der Waals surface area (Å²) in [5.41, 5.74) is 2.44. The molecule has 0 aliphatic rings. The van der Waals surface area contributed by atoms with Crippen LogP contribution in [0.5, 0.6) is 5.75 Å². The number of methoxy groups -OCH3 is 1. The Labute approximate surface area is 185 Å². The van der Waals surface area contributed by atoms with Gasteiger partial charge in [0.25, 0.3) is 0 Å². The number of nitro benzene ring substituents is 1. The van der Waals surface area contributed by atoms with Crippen LogP contribution in [0.1, 0.15) is 17.0 Å². The average molecular weight is 452 g/mol. The Hall–Kier alpha value is -3.69. The van der Waals surface area contributed by atoms with E-state index in [0.29, 0.717) is 0 Å². The predicted octanol–water partition coefficient (Wildman–Crippen LogP) is 4.20. The third-order valence-corrected chi connectivity index (χ3v) is 6.75. The van der Waals surface area contributed by atoms with E-state index in [2.05, 4.69) is 9.71 Å². The van der Waals surface area contributed by atoms with Crippen LogP contribution < -0.4 is 9.46 Å². The maximum atomic E-state index is 13.0. The third-order valence-electron chi connectivity index (χ3n) is 5.33. The molecule has 1 atom stereocenters. The van der Waals surface area contributed by atoms with Crippen molar-refractivity contribution in [1.29, 1.82) is 0 Å². The first-order chi connectivity index (χ1) is 15.4. The van der Waals surface area contributed by atoms with Gasteiger partial charge in [-0.25, -0.2) is 13.1 Å².